The lowest BCUT2D eigenvalue weighted by Gasteiger charge is -2.34. The molecule has 0 aromatic heterocycles. The van der Waals surface area contributed by atoms with Crippen molar-refractivity contribution in [3.63, 3.8) is 0 Å². The molecule has 0 bridgehead atoms. The Morgan fingerprint density at radius 3 is 2.54 bits per heavy atom. The first-order valence-electron chi connectivity index (χ1n) is 10.2. The number of nitrogens with zero attached hydrogens (tertiary/aromatic N) is 2. The van der Waals surface area contributed by atoms with Gasteiger partial charge in [0, 0.05) is 25.7 Å². The number of hydrogen-bond donors (Lipinski definition) is 2. The smallest absolute Gasteiger partial charge is 0.242 e. The van der Waals surface area contributed by atoms with Gasteiger partial charge < -0.3 is 20.2 Å². The highest BCUT2D eigenvalue weighted by atomic mass is 16.3. The number of aliphatic hydroxyl groups is 1. The molecule has 2 N–H and O–H groups in total. The molecular weight excluding hydrogens is 326 g/mol. The van der Waals surface area contributed by atoms with Crippen molar-refractivity contribution in [2.45, 2.75) is 64.0 Å². The van der Waals surface area contributed by atoms with Gasteiger partial charge >= 0.3 is 0 Å². The number of carbonyl (C=O) groups excluding carboxylic acids is 1. The van der Waals surface area contributed by atoms with Crippen molar-refractivity contribution in [1.82, 2.24) is 4.90 Å². The molecule has 26 heavy (non-hydrogen) atoms. The summed E-state index contributed by atoms with van der Waals surface area (Å²) in [6, 6.07) is 8.61. The van der Waals surface area contributed by atoms with Gasteiger partial charge in [0.15, 0.2) is 0 Å². The normalized spacial score (nSPS) is 19.4. The van der Waals surface area contributed by atoms with Crippen LogP contribution in [0.25, 0.3) is 0 Å². The summed E-state index contributed by atoms with van der Waals surface area (Å²) >= 11 is 0. The van der Waals surface area contributed by atoms with E-state index in [2.05, 4.69) is 28.1 Å². The van der Waals surface area contributed by atoms with Crippen LogP contribution in [-0.2, 0) is 4.79 Å². The lowest BCUT2D eigenvalue weighted by Crippen LogP contribution is -2.44. The third-order valence-electron chi connectivity index (χ3n) is 5.82. The summed E-state index contributed by atoms with van der Waals surface area (Å²) in [5, 5.41) is 13.1. The third kappa shape index (κ3) is 4.70. The quantitative estimate of drug-likeness (QED) is 0.819. The van der Waals surface area contributed by atoms with Gasteiger partial charge in [-0.25, -0.2) is 0 Å². The number of piperidine rings is 1. The van der Waals surface area contributed by atoms with Gasteiger partial charge in [-0.05, 0) is 44.7 Å². The molecule has 5 heteroatoms. The van der Waals surface area contributed by atoms with Crippen molar-refractivity contribution in [2.75, 3.05) is 36.4 Å². The zero-order valence-corrected chi connectivity index (χ0v) is 16.0. The van der Waals surface area contributed by atoms with E-state index < -0.39 is 0 Å². The van der Waals surface area contributed by atoms with E-state index in [9.17, 15) is 9.90 Å². The molecule has 1 aliphatic carbocycles. The maximum absolute atomic E-state index is 12.8. The first-order chi connectivity index (χ1) is 12.7. The van der Waals surface area contributed by atoms with E-state index >= 15 is 0 Å². The van der Waals surface area contributed by atoms with Gasteiger partial charge in [0.1, 0.15) is 0 Å². The average molecular weight is 360 g/mol. The number of hydrogen-bond acceptors (Lipinski definition) is 4. The molecule has 1 aromatic rings. The zero-order chi connectivity index (χ0) is 18.4. The van der Waals surface area contributed by atoms with Gasteiger partial charge in [0.2, 0.25) is 5.91 Å². The van der Waals surface area contributed by atoms with E-state index in [1.807, 2.05) is 18.2 Å². The van der Waals surface area contributed by atoms with Crippen LogP contribution >= 0.6 is 0 Å². The van der Waals surface area contributed by atoms with E-state index in [1.165, 1.54) is 19.3 Å². The van der Waals surface area contributed by atoms with Gasteiger partial charge in [0.25, 0.3) is 0 Å². The molecule has 2 aliphatic rings. The maximum Gasteiger partial charge on any atom is 0.242 e. The molecule has 1 heterocycles. The van der Waals surface area contributed by atoms with Crippen LogP contribution in [0, 0.1) is 0 Å². The first kappa shape index (κ1) is 19.0. The molecule has 5 nitrogen and oxygen atoms in total. The van der Waals surface area contributed by atoms with Crippen molar-refractivity contribution >= 4 is 17.3 Å². The summed E-state index contributed by atoms with van der Waals surface area (Å²) in [5.41, 5.74) is 2.14. The lowest BCUT2D eigenvalue weighted by molar-refractivity contribution is -0.132. The molecule has 144 valence electrons. The van der Waals surface area contributed by atoms with Gasteiger partial charge in [-0.2, -0.15) is 0 Å². The number of rotatable bonds is 6. The first-order valence-corrected chi connectivity index (χ1v) is 10.2. The van der Waals surface area contributed by atoms with Crippen molar-refractivity contribution in [3.05, 3.63) is 24.3 Å². The van der Waals surface area contributed by atoms with E-state index in [1.54, 1.807) is 0 Å². The summed E-state index contributed by atoms with van der Waals surface area (Å²) in [6.45, 7) is 4.93. The molecule has 1 saturated heterocycles. The lowest BCUT2D eigenvalue weighted by atomic mass is 9.94. The number of para-hydroxylation sites is 2. The SMILES string of the molecule is CCN(C(=O)CNc1ccccc1N1CCC(O)CC1)C1CCCCC1. The Morgan fingerprint density at radius 2 is 1.85 bits per heavy atom. The molecule has 1 amide bonds. The maximum atomic E-state index is 12.8. The summed E-state index contributed by atoms with van der Waals surface area (Å²) in [4.78, 5) is 17.2. The molecule has 3 rings (SSSR count). The van der Waals surface area contributed by atoms with E-state index in [0.717, 1.165) is 56.7 Å². The zero-order valence-electron chi connectivity index (χ0n) is 16.0. The van der Waals surface area contributed by atoms with Gasteiger partial charge in [-0.3, -0.25) is 4.79 Å². The average Bonchev–Trinajstić information content (AvgIpc) is 2.69. The van der Waals surface area contributed by atoms with Crippen LogP contribution in [0.15, 0.2) is 24.3 Å². The topological polar surface area (TPSA) is 55.8 Å². The molecule has 1 aliphatic heterocycles. The second-order valence-electron chi connectivity index (χ2n) is 7.56. The standard InChI is InChI=1S/C21H33N3O2/c1-2-24(17-8-4-3-5-9-17)21(26)16-22-19-10-6-7-11-20(19)23-14-12-18(25)13-15-23/h6-7,10-11,17-18,22,25H,2-5,8-9,12-16H2,1H3. The summed E-state index contributed by atoms with van der Waals surface area (Å²) in [5.74, 6) is 0.197. The van der Waals surface area contributed by atoms with Gasteiger partial charge in [-0.15, -0.1) is 0 Å². The Hall–Kier alpha value is -1.75. The van der Waals surface area contributed by atoms with E-state index in [4.69, 9.17) is 0 Å². The van der Waals surface area contributed by atoms with Crippen LogP contribution in [0.5, 0.6) is 0 Å². The number of nitrogens with one attached hydrogen (secondary N) is 1. The van der Waals surface area contributed by atoms with Crippen molar-refractivity contribution in [2.24, 2.45) is 0 Å². The van der Waals surface area contributed by atoms with Crippen molar-refractivity contribution in [3.8, 4) is 0 Å². The summed E-state index contributed by atoms with van der Waals surface area (Å²) in [7, 11) is 0. The molecule has 2 fully saturated rings. The number of anilines is 2. The Kier molecular flexibility index (Phi) is 6.78. The van der Waals surface area contributed by atoms with Crippen molar-refractivity contribution in [1.29, 1.82) is 0 Å². The molecular formula is C21H33N3O2. The Bertz CT molecular complexity index is 578. The van der Waals surface area contributed by atoms with E-state index in [-0.39, 0.29) is 12.0 Å². The highest BCUT2D eigenvalue weighted by molar-refractivity contribution is 5.83. The predicted octanol–water partition coefficient (Wildman–Crippen LogP) is 3.24. The number of likely N-dealkylation sites (N-methyl/N-ethyl adjacent to an activating group) is 1. The minimum absolute atomic E-state index is 0.179. The minimum Gasteiger partial charge on any atom is -0.393 e. The molecule has 1 aromatic carbocycles. The van der Waals surface area contributed by atoms with Gasteiger partial charge in [-0.1, -0.05) is 31.4 Å². The van der Waals surface area contributed by atoms with Gasteiger partial charge in [0.05, 0.1) is 24.0 Å². The number of aliphatic hydroxyl groups excluding tert-OH is 1. The minimum atomic E-state index is -0.179. The largest absolute Gasteiger partial charge is 0.393 e. The highest BCUT2D eigenvalue weighted by Crippen LogP contribution is 2.28. The van der Waals surface area contributed by atoms with Crippen LogP contribution < -0.4 is 10.2 Å². The number of benzene rings is 1. The summed E-state index contributed by atoms with van der Waals surface area (Å²) < 4.78 is 0. The van der Waals surface area contributed by atoms with Crippen molar-refractivity contribution < 1.29 is 9.90 Å². The van der Waals surface area contributed by atoms with Crippen LogP contribution in [0.2, 0.25) is 0 Å². The Labute approximate surface area is 157 Å². The Balaban J connectivity index is 1.61. The molecule has 0 radical (unpaired) electrons. The molecule has 0 spiro atoms. The monoisotopic (exact) mass is 359 g/mol. The predicted molar refractivity (Wildman–Crippen MR) is 107 cm³/mol. The summed E-state index contributed by atoms with van der Waals surface area (Å²) in [6.07, 6.45) is 7.51. The van der Waals surface area contributed by atoms with E-state index in [0.29, 0.717) is 12.6 Å². The van der Waals surface area contributed by atoms with Crippen LogP contribution in [0.3, 0.4) is 0 Å². The fourth-order valence-corrected chi connectivity index (χ4v) is 4.31. The Morgan fingerprint density at radius 1 is 1.15 bits per heavy atom. The highest BCUT2D eigenvalue weighted by Gasteiger charge is 2.24. The fraction of sp³-hybridized carbons (Fsp3) is 0.667. The number of amides is 1. The second kappa shape index (κ2) is 9.26. The van der Waals surface area contributed by atoms with Crippen LogP contribution in [0.4, 0.5) is 11.4 Å². The van der Waals surface area contributed by atoms with Crippen LogP contribution in [0.1, 0.15) is 51.9 Å². The molecule has 0 atom stereocenters. The second-order valence-corrected chi connectivity index (χ2v) is 7.56. The third-order valence-corrected chi connectivity index (χ3v) is 5.82. The fourth-order valence-electron chi connectivity index (χ4n) is 4.31. The van der Waals surface area contributed by atoms with Crippen LogP contribution in [-0.4, -0.2) is 54.2 Å². The molecule has 1 saturated carbocycles. The molecule has 0 unspecified atom stereocenters. The number of carbonyl (C=O) groups is 1.